The molecule has 0 aliphatic heterocycles. The second-order valence-electron chi connectivity index (χ2n) is 2.89. The molecule has 0 aliphatic rings. The van der Waals surface area contributed by atoms with Crippen molar-refractivity contribution < 1.29 is 0 Å². The zero-order chi connectivity index (χ0) is 8.43. The molecule has 62 valence electrons. The first kappa shape index (κ1) is 8.56. The number of nitrogen functional groups attached to an aromatic ring is 1. The fourth-order valence-corrected chi connectivity index (χ4v) is 2.13. The maximum Gasteiger partial charge on any atom is 0.0904 e. The van der Waals surface area contributed by atoms with Crippen molar-refractivity contribution in [2.24, 2.45) is 5.73 Å². The van der Waals surface area contributed by atoms with Crippen LogP contribution < -0.4 is 11.5 Å². The van der Waals surface area contributed by atoms with Gasteiger partial charge < -0.3 is 11.5 Å². The van der Waals surface area contributed by atoms with E-state index in [0.717, 1.165) is 10.6 Å². The first-order valence-electron chi connectivity index (χ1n) is 3.72. The van der Waals surface area contributed by atoms with Gasteiger partial charge in [-0.1, -0.05) is 13.8 Å². The quantitative estimate of drug-likeness (QED) is 0.712. The summed E-state index contributed by atoms with van der Waals surface area (Å²) in [5.74, 6) is 0.530. The second kappa shape index (κ2) is 3.24. The molecule has 0 aliphatic carbocycles. The van der Waals surface area contributed by atoms with Crippen LogP contribution in [0.15, 0.2) is 5.38 Å². The molecule has 0 atom stereocenters. The molecular formula is C8H14N2S. The Balaban J connectivity index is 3.05. The number of thiophene rings is 1. The van der Waals surface area contributed by atoms with Gasteiger partial charge in [0, 0.05) is 12.1 Å². The first-order valence-corrected chi connectivity index (χ1v) is 4.60. The van der Waals surface area contributed by atoms with Crippen molar-refractivity contribution in [1.82, 2.24) is 0 Å². The molecule has 0 fully saturated rings. The van der Waals surface area contributed by atoms with Crippen molar-refractivity contribution in [2.45, 2.75) is 26.3 Å². The predicted octanol–water partition coefficient (Wildman–Crippen LogP) is 1.91. The van der Waals surface area contributed by atoms with Gasteiger partial charge in [0.25, 0.3) is 0 Å². The third-order valence-corrected chi connectivity index (χ3v) is 2.66. The van der Waals surface area contributed by atoms with Crippen molar-refractivity contribution in [1.29, 1.82) is 0 Å². The van der Waals surface area contributed by atoms with Crippen molar-refractivity contribution in [3.05, 3.63) is 16.5 Å². The Morgan fingerprint density at radius 3 is 2.55 bits per heavy atom. The largest absolute Gasteiger partial charge is 0.390 e. The summed E-state index contributed by atoms with van der Waals surface area (Å²) >= 11 is 1.58. The van der Waals surface area contributed by atoms with Crippen LogP contribution in [0.5, 0.6) is 0 Å². The minimum atomic E-state index is 0.530. The highest BCUT2D eigenvalue weighted by Gasteiger charge is 2.09. The summed E-state index contributed by atoms with van der Waals surface area (Å²) in [5, 5.41) is 2.97. The highest BCUT2D eigenvalue weighted by Crippen LogP contribution is 2.29. The Labute approximate surface area is 71.2 Å². The van der Waals surface area contributed by atoms with Crippen molar-refractivity contribution in [2.75, 3.05) is 5.73 Å². The molecule has 0 bridgehead atoms. The molecule has 1 aromatic heterocycles. The maximum atomic E-state index is 5.73. The number of rotatable bonds is 2. The second-order valence-corrected chi connectivity index (χ2v) is 3.80. The van der Waals surface area contributed by atoms with Crippen LogP contribution in [0.3, 0.4) is 0 Å². The molecule has 1 rings (SSSR count). The smallest absolute Gasteiger partial charge is 0.0904 e. The Morgan fingerprint density at radius 1 is 1.55 bits per heavy atom. The summed E-state index contributed by atoms with van der Waals surface area (Å²) in [5.41, 5.74) is 13.7. The molecule has 0 saturated carbocycles. The van der Waals surface area contributed by atoms with E-state index in [-0.39, 0.29) is 0 Å². The summed E-state index contributed by atoms with van der Waals surface area (Å²) in [6.07, 6.45) is 0. The minimum Gasteiger partial charge on any atom is -0.390 e. The molecule has 11 heavy (non-hydrogen) atoms. The molecule has 1 aromatic rings. The number of anilines is 1. The number of hydrogen-bond donors (Lipinski definition) is 2. The molecule has 0 saturated heterocycles. The SMILES string of the molecule is CC(C)c1csc(N)c1CN. The van der Waals surface area contributed by atoms with E-state index in [0.29, 0.717) is 12.5 Å². The van der Waals surface area contributed by atoms with Crippen molar-refractivity contribution in [3.8, 4) is 0 Å². The van der Waals surface area contributed by atoms with Gasteiger partial charge in [0.05, 0.1) is 5.00 Å². The van der Waals surface area contributed by atoms with E-state index in [4.69, 9.17) is 11.5 Å². The summed E-state index contributed by atoms with van der Waals surface area (Å²) in [4.78, 5) is 0. The van der Waals surface area contributed by atoms with Gasteiger partial charge in [0.1, 0.15) is 0 Å². The summed E-state index contributed by atoms with van der Waals surface area (Å²) in [7, 11) is 0. The molecule has 4 N–H and O–H groups in total. The Morgan fingerprint density at radius 2 is 2.18 bits per heavy atom. The molecule has 3 heteroatoms. The zero-order valence-corrected chi connectivity index (χ0v) is 7.74. The molecule has 0 unspecified atom stereocenters. The maximum absolute atomic E-state index is 5.73. The van der Waals surface area contributed by atoms with Crippen LogP contribution in [0.1, 0.15) is 30.9 Å². The van der Waals surface area contributed by atoms with Gasteiger partial charge in [-0.25, -0.2) is 0 Å². The lowest BCUT2D eigenvalue weighted by Crippen LogP contribution is -2.02. The standard InChI is InChI=1S/C8H14N2S/c1-5(2)7-4-11-8(10)6(7)3-9/h4-5H,3,9-10H2,1-2H3. The third kappa shape index (κ3) is 1.54. The van der Waals surface area contributed by atoms with Gasteiger partial charge >= 0.3 is 0 Å². The number of hydrogen-bond acceptors (Lipinski definition) is 3. The van der Waals surface area contributed by atoms with Crippen LogP contribution in [0.2, 0.25) is 0 Å². The summed E-state index contributed by atoms with van der Waals surface area (Å²) in [6.45, 7) is 4.87. The third-order valence-electron chi connectivity index (χ3n) is 1.78. The molecule has 0 aromatic carbocycles. The van der Waals surface area contributed by atoms with Crippen LogP contribution in [0.4, 0.5) is 5.00 Å². The topological polar surface area (TPSA) is 52.0 Å². The molecule has 0 spiro atoms. The fourth-order valence-electron chi connectivity index (χ4n) is 1.11. The van der Waals surface area contributed by atoms with E-state index in [2.05, 4.69) is 19.2 Å². The van der Waals surface area contributed by atoms with Crippen LogP contribution in [0.25, 0.3) is 0 Å². The normalized spacial score (nSPS) is 10.9. The van der Waals surface area contributed by atoms with E-state index in [1.165, 1.54) is 5.56 Å². The molecular weight excluding hydrogens is 156 g/mol. The molecule has 2 nitrogen and oxygen atoms in total. The monoisotopic (exact) mass is 170 g/mol. The summed E-state index contributed by atoms with van der Waals surface area (Å²) < 4.78 is 0. The lowest BCUT2D eigenvalue weighted by molar-refractivity contribution is 0.848. The van der Waals surface area contributed by atoms with Crippen LogP contribution >= 0.6 is 11.3 Å². The van der Waals surface area contributed by atoms with E-state index in [1.807, 2.05) is 0 Å². The first-order chi connectivity index (χ1) is 5.16. The van der Waals surface area contributed by atoms with Crippen molar-refractivity contribution >= 4 is 16.3 Å². The average molecular weight is 170 g/mol. The van der Waals surface area contributed by atoms with Crippen LogP contribution in [-0.4, -0.2) is 0 Å². The van der Waals surface area contributed by atoms with E-state index in [9.17, 15) is 0 Å². The van der Waals surface area contributed by atoms with Gasteiger partial charge in [0.15, 0.2) is 0 Å². The van der Waals surface area contributed by atoms with E-state index >= 15 is 0 Å². The number of nitrogens with two attached hydrogens (primary N) is 2. The summed E-state index contributed by atoms with van der Waals surface area (Å²) in [6, 6.07) is 0. The van der Waals surface area contributed by atoms with Gasteiger partial charge in [-0.3, -0.25) is 0 Å². The minimum absolute atomic E-state index is 0.530. The van der Waals surface area contributed by atoms with Gasteiger partial charge in [-0.05, 0) is 16.9 Å². The lowest BCUT2D eigenvalue weighted by atomic mass is 10.0. The average Bonchev–Trinajstić information content (AvgIpc) is 2.30. The zero-order valence-electron chi connectivity index (χ0n) is 6.92. The fraction of sp³-hybridized carbons (Fsp3) is 0.500. The molecule has 0 amide bonds. The van der Waals surface area contributed by atoms with Crippen LogP contribution in [0, 0.1) is 0 Å². The Kier molecular flexibility index (Phi) is 2.52. The Bertz CT molecular complexity index is 240. The molecule has 0 radical (unpaired) electrons. The lowest BCUT2D eigenvalue weighted by Gasteiger charge is -2.05. The van der Waals surface area contributed by atoms with Crippen LogP contribution in [-0.2, 0) is 6.54 Å². The van der Waals surface area contributed by atoms with Gasteiger partial charge in [0.2, 0.25) is 0 Å². The van der Waals surface area contributed by atoms with Gasteiger partial charge in [-0.2, -0.15) is 0 Å². The van der Waals surface area contributed by atoms with E-state index in [1.54, 1.807) is 11.3 Å². The van der Waals surface area contributed by atoms with E-state index < -0.39 is 0 Å². The van der Waals surface area contributed by atoms with Crippen molar-refractivity contribution in [3.63, 3.8) is 0 Å². The molecule has 1 heterocycles. The highest BCUT2D eigenvalue weighted by atomic mass is 32.1. The Hall–Kier alpha value is -0.540. The predicted molar refractivity (Wildman–Crippen MR) is 50.7 cm³/mol. The highest BCUT2D eigenvalue weighted by molar-refractivity contribution is 7.14. The van der Waals surface area contributed by atoms with Gasteiger partial charge in [-0.15, -0.1) is 11.3 Å².